The second kappa shape index (κ2) is 5.54. The minimum absolute atomic E-state index is 0. The van der Waals surface area contributed by atoms with Crippen LogP contribution in [0.5, 0.6) is 0 Å². The lowest BCUT2D eigenvalue weighted by Crippen LogP contribution is -2.48. The molecule has 2 N–H and O–H groups in total. The molecule has 4 heteroatoms. The molecule has 0 aliphatic carbocycles. The van der Waals surface area contributed by atoms with E-state index in [9.17, 15) is 0 Å². The van der Waals surface area contributed by atoms with Gasteiger partial charge in [0.2, 0.25) is 0 Å². The summed E-state index contributed by atoms with van der Waals surface area (Å²) in [4.78, 5) is 4.77. The molecule has 1 heterocycles. The zero-order valence-corrected chi connectivity index (χ0v) is 8.70. The lowest BCUT2D eigenvalue weighted by Gasteiger charge is -2.33. The van der Waals surface area contributed by atoms with Gasteiger partial charge in [-0.3, -0.25) is 4.90 Å². The van der Waals surface area contributed by atoms with Crippen LogP contribution in [0.4, 0.5) is 0 Å². The van der Waals surface area contributed by atoms with Crippen molar-refractivity contribution in [3.05, 3.63) is 0 Å². The predicted molar refractivity (Wildman–Crippen MR) is 55.9 cm³/mol. The minimum atomic E-state index is 0. The van der Waals surface area contributed by atoms with Gasteiger partial charge in [0.1, 0.15) is 0 Å². The van der Waals surface area contributed by atoms with Gasteiger partial charge in [-0.15, -0.1) is 0 Å². The van der Waals surface area contributed by atoms with Gasteiger partial charge in [-0.2, -0.15) is 0 Å². The number of piperazine rings is 1. The van der Waals surface area contributed by atoms with Gasteiger partial charge in [0.25, 0.3) is 0 Å². The van der Waals surface area contributed by atoms with Crippen LogP contribution in [0.15, 0.2) is 0 Å². The standard InChI is InChI=1S/C9H21N3O.H2/c1-11-3-5-12(6-4-11)8-9(7-10)13-2;/h9H,3-8,10H2,1-2H3;1H/t9-;/m0./s1. The summed E-state index contributed by atoms with van der Waals surface area (Å²) in [5.41, 5.74) is 5.57. The van der Waals surface area contributed by atoms with E-state index in [1.165, 1.54) is 0 Å². The Kier molecular flexibility index (Phi) is 4.66. The van der Waals surface area contributed by atoms with Crippen molar-refractivity contribution in [2.45, 2.75) is 6.10 Å². The molecule has 0 aromatic carbocycles. The van der Waals surface area contributed by atoms with Gasteiger partial charge in [-0.25, -0.2) is 0 Å². The van der Waals surface area contributed by atoms with Crippen LogP contribution in [0.3, 0.4) is 0 Å². The average Bonchev–Trinajstić information content (AvgIpc) is 2.17. The zero-order chi connectivity index (χ0) is 9.68. The molecule has 0 amide bonds. The van der Waals surface area contributed by atoms with E-state index in [-0.39, 0.29) is 7.53 Å². The third-order valence-corrected chi connectivity index (χ3v) is 2.65. The first-order valence-electron chi connectivity index (χ1n) is 4.90. The smallest absolute Gasteiger partial charge is 0.0820 e. The molecule has 0 aromatic rings. The summed E-state index contributed by atoms with van der Waals surface area (Å²) in [7, 11) is 3.89. The molecule has 0 bridgehead atoms. The maximum atomic E-state index is 5.57. The second-order valence-electron chi connectivity index (χ2n) is 3.70. The summed E-state index contributed by atoms with van der Waals surface area (Å²) < 4.78 is 5.25. The van der Waals surface area contributed by atoms with Crippen molar-refractivity contribution in [2.24, 2.45) is 5.73 Å². The number of nitrogens with two attached hydrogens (primary N) is 1. The van der Waals surface area contributed by atoms with Crippen LogP contribution in [0.25, 0.3) is 0 Å². The number of hydrogen-bond acceptors (Lipinski definition) is 4. The molecule has 0 saturated carbocycles. The molecule has 0 spiro atoms. The van der Waals surface area contributed by atoms with Crippen molar-refractivity contribution in [3.63, 3.8) is 0 Å². The Bertz CT molecular complexity index is 136. The highest BCUT2D eigenvalue weighted by molar-refractivity contribution is 4.73. The van der Waals surface area contributed by atoms with Crippen molar-refractivity contribution in [3.8, 4) is 0 Å². The van der Waals surface area contributed by atoms with Gasteiger partial charge < -0.3 is 15.4 Å². The summed E-state index contributed by atoms with van der Waals surface area (Å²) >= 11 is 0. The monoisotopic (exact) mass is 189 g/mol. The normalized spacial score (nSPS) is 23.3. The van der Waals surface area contributed by atoms with Gasteiger partial charge in [-0.1, -0.05) is 0 Å². The van der Waals surface area contributed by atoms with E-state index >= 15 is 0 Å². The van der Waals surface area contributed by atoms with Crippen molar-refractivity contribution in [1.29, 1.82) is 0 Å². The number of hydrogen-bond donors (Lipinski definition) is 1. The predicted octanol–water partition coefficient (Wildman–Crippen LogP) is -0.546. The van der Waals surface area contributed by atoms with Gasteiger partial charge in [0.05, 0.1) is 6.10 Å². The number of ether oxygens (including phenoxy) is 1. The molecule has 1 saturated heterocycles. The van der Waals surface area contributed by atoms with E-state index in [0.29, 0.717) is 6.54 Å². The van der Waals surface area contributed by atoms with Gasteiger partial charge in [-0.05, 0) is 7.05 Å². The third kappa shape index (κ3) is 3.60. The Balaban J connectivity index is 0.00000169. The van der Waals surface area contributed by atoms with Gasteiger partial charge in [0, 0.05) is 47.8 Å². The second-order valence-corrected chi connectivity index (χ2v) is 3.70. The average molecular weight is 189 g/mol. The summed E-state index contributed by atoms with van der Waals surface area (Å²) in [5, 5.41) is 0. The molecule has 1 fully saturated rings. The Morgan fingerprint density at radius 2 is 2.00 bits per heavy atom. The number of rotatable bonds is 4. The van der Waals surface area contributed by atoms with Gasteiger partial charge >= 0.3 is 0 Å². The van der Waals surface area contributed by atoms with Crippen LogP contribution in [0, 0.1) is 0 Å². The first-order valence-corrected chi connectivity index (χ1v) is 4.90. The Morgan fingerprint density at radius 3 is 2.46 bits per heavy atom. The molecule has 1 aliphatic rings. The summed E-state index contributed by atoms with van der Waals surface area (Å²) in [6.07, 6.45) is 0.198. The molecule has 0 radical (unpaired) electrons. The molecule has 1 aliphatic heterocycles. The van der Waals surface area contributed by atoms with Crippen LogP contribution < -0.4 is 5.73 Å². The maximum Gasteiger partial charge on any atom is 0.0820 e. The Labute approximate surface area is 82.1 Å². The SMILES string of the molecule is CO[C@@H](CN)CN1CCN(C)CC1.[HH]. The molecular weight excluding hydrogens is 166 g/mol. The Morgan fingerprint density at radius 1 is 1.38 bits per heavy atom. The van der Waals surface area contributed by atoms with Crippen LogP contribution in [-0.2, 0) is 4.74 Å². The molecule has 1 rings (SSSR count). The highest BCUT2D eigenvalue weighted by Crippen LogP contribution is 2.01. The van der Waals surface area contributed by atoms with Gasteiger partial charge in [0.15, 0.2) is 0 Å². The first kappa shape index (κ1) is 10.9. The van der Waals surface area contributed by atoms with Crippen molar-refractivity contribution >= 4 is 0 Å². The van der Waals surface area contributed by atoms with Crippen LogP contribution in [0.1, 0.15) is 1.43 Å². The number of nitrogens with zero attached hydrogens (tertiary/aromatic N) is 2. The minimum Gasteiger partial charge on any atom is -0.379 e. The van der Waals surface area contributed by atoms with E-state index in [2.05, 4.69) is 16.8 Å². The van der Waals surface area contributed by atoms with E-state index < -0.39 is 0 Å². The van der Waals surface area contributed by atoms with Crippen molar-refractivity contribution < 1.29 is 6.16 Å². The van der Waals surface area contributed by atoms with Crippen LogP contribution >= 0.6 is 0 Å². The van der Waals surface area contributed by atoms with E-state index in [0.717, 1.165) is 32.7 Å². The largest absolute Gasteiger partial charge is 0.379 e. The molecule has 4 nitrogen and oxygen atoms in total. The molecule has 80 valence electrons. The molecule has 1 atom stereocenters. The quantitative estimate of drug-likeness (QED) is 0.644. The fourth-order valence-electron chi connectivity index (χ4n) is 1.56. The molecule has 13 heavy (non-hydrogen) atoms. The maximum absolute atomic E-state index is 5.57. The highest BCUT2D eigenvalue weighted by Gasteiger charge is 2.16. The molecule has 0 unspecified atom stereocenters. The lowest BCUT2D eigenvalue weighted by molar-refractivity contribution is 0.0518. The van der Waals surface area contributed by atoms with E-state index in [1.807, 2.05) is 0 Å². The van der Waals surface area contributed by atoms with Crippen molar-refractivity contribution in [1.82, 2.24) is 9.80 Å². The van der Waals surface area contributed by atoms with E-state index in [4.69, 9.17) is 10.5 Å². The summed E-state index contributed by atoms with van der Waals surface area (Å²) in [5.74, 6) is 0. The number of likely N-dealkylation sites (N-methyl/N-ethyl adjacent to an activating group) is 1. The van der Waals surface area contributed by atoms with Crippen LogP contribution in [-0.4, -0.2) is 69.3 Å². The molecule has 0 aromatic heterocycles. The Hall–Kier alpha value is -0.160. The zero-order valence-electron chi connectivity index (χ0n) is 8.70. The van der Waals surface area contributed by atoms with Crippen LogP contribution in [0.2, 0.25) is 0 Å². The lowest BCUT2D eigenvalue weighted by atomic mass is 10.2. The number of methoxy groups -OCH3 is 1. The summed E-state index contributed by atoms with van der Waals surface area (Å²) in [6.45, 7) is 6.17. The van der Waals surface area contributed by atoms with E-state index in [1.54, 1.807) is 7.11 Å². The third-order valence-electron chi connectivity index (χ3n) is 2.65. The van der Waals surface area contributed by atoms with Crippen molar-refractivity contribution in [2.75, 3.05) is 53.4 Å². The molecular formula is C9H23N3O. The first-order chi connectivity index (χ1) is 6.26. The topological polar surface area (TPSA) is 41.7 Å². The summed E-state index contributed by atoms with van der Waals surface area (Å²) in [6, 6.07) is 0. The fraction of sp³-hybridized carbons (Fsp3) is 1.00. The fourth-order valence-corrected chi connectivity index (χ4v) is 1.56. The highest BCUT2D eigenvalue weighted by atomic mass is 16.5.